The van der Waals surface area contributed by atoms with Crippen LogP contribution in [0.5, 0.6) is 0 Å². The van der Waals surface area contributed by atoms with Gasteiger partial charge in [0.05, 0.1) is 6.61 Å². The molecule has 0 saturated heterocycles. The van der Waals surface area contributed by atoms with Crippen molar-refractivity contribution >= 4 is 0 Å². The van der Waals surface area contributed by atoms with E-state index in [2.05, 4.69) is 38.0 Å². The largest absolute Gasteiger partial charge is 0.394 e. The molecule has 1 aliphatic carbocycles. The molecule has 0 heterocycles. The van der Waals surface area contributed by atoms with Crippen LogP contribution in [0.4, 0.5) is 0 Å². The van der Waals surface area contributed by atoms with Crippen molar-refractivity contribution in [1.29, 1.82) is 0 Å². The van der Waals surface area contributed by atoms with Crippen LogP contribution in [0, 0.1) is 5.92 Å². The van der Waals surface area contributed by atoms with E-state index in [1.807, 2.05) is 0 Å². The molecular formula is C16H34N2O. The fraction of sp³-hybridized carbons (Fsp3) is 1.00. The zero-order valence-corrected chi connectivity index (χ0v) is 13.4. The maximum Gasteiger partial charge on any atom is 0.0610 e. The van der Waals surface area contributed by atoms with Crippen molar-refractivity contribution in [1.82, 2.24) is 10.2 Å². The summed E-state index contributed by atoms with van der Waals surface area (Å²) in [6.45, 7) is 9.08. The van der Waals surface area contributed by atoms with Crippen LogP contribution in [0.3, 0.4) is 0 Å². The van der Waals surface area contributed by atoms with Crippen molar-refractivity contribution in [2.75, 3.05) is 26.7 Å². The van der Waals surface area contributed by atoms with E-state index in [0.29, 0.717) is 0 Å². The average molecular weight is 270 g/mol. The number of unbranched alkanes of at least 4 members (excludes halogenated alkanes) is 1. The summed E-state index contributed by atoms with van der Waals surface area (Å²) in [5.41, 5.74) is -0.0866. The Balaban J connectivity index is 2.13. The van der Waals surface area contributed by atoms with Crippen LogP contribution in [0.2, 0.25) is 0 Å². The quantitative estimate of drug-likeness (QED) is 0.567. The third kappa shape index (κ3) is 6.24. The first-order valence-electron chi connectivity index (χ1n) is 8.08. The first kappa shape index (κ1) is 16.9. The van der Waals surface area contributed by atoms with E-state index < -0.39 is 0 Å². The number of nitrogens with zero attached hydrogens (tertiary/aromatic N) is 1. The van der Waals surface area contributed by atoms with Gasteiger partial charge in [0.1, 0.15) is 0 Å². The van der Waals surface area contributed by atoms with E-state index >= 15 is 0 Å². The van der Waals surface area contributed by atoms with Crippen molar-refractivity contribution in [2.24, 2.45) is 5.92 Å². The number of rotatable bonds is 11. The van der Waals surface area contributed by atoms with Gasteiger partial charge in [0, 0.05) is 11.6 Å². The second-order valence-electron chi connectivity index (χ2n) is 6.66. The van der Waals surface area contributed by atoms with Crippen LogP contribution in [-0.4, -0.2) is 48.3 Å². The van der Waals surface area contributed by atoms with Crippen LogP contribution >= 0.6 is 0 Å². The summed E-state index contributed by atoms with van der Waals surface area (Å²) in [5.74, 6) is 0.957. The zero-order valence-electron chi connectivity index (χ0n) is 13.4. The average Bonchev–Trinajstić information content (AvgIpc) is 3.24. The highest BCUT2D eigenvalue weighted by atomic mass is 16.3. The Labute approximate surface area is 119 Å². The maximum absolute atomic E-state index is 9.52. The van der Waals surface area contributed by atoms with Crippen LogP contribution in [0.15, 0.2) is 0 Å². The lowest BCUT2D eigenvalue weighted by Crippen LogP contribution is -2.46. The monoisotopic (exact) mass is 270 g/mol. The number of hydrogen-bond donors (Lipinski definition) is 2. The first-order valence-corrected chi connectivity index (χ1v) is 8.08. The Morgan fingerprint density at radius 1 is 1.37 bits per heavy atom. The smallest absolute Gasteiger partial charge is 0.0610 e. The number of aliphatic hydroxyl groups excluding tert-OH is 1. The van der Waals surface area contributed by atoms with Gasteiger partial charge < -0.3 is 15.3 Å². The summed E-state index contributed by atoms with van der Waals surface area (Å²) in [6.07, 6.45) is 7.46. The number of nitrogens with one attached hydrogen (secondary N) is 1. The zero-order chi connectivity index (χ0) is 14.3. The Morgan fingerprint density at radius 2 is 2.05 bits per heavy atom. The Morgan fingerprint density at radius 3 is 2.58 bits per heavy atom. The third-order valence-corrected chi connectivity index (χ3v) is 4.64. The van der Waals surface area contributed by atoms with E-state index in [4.69, 9.17) is 0 Å². The molecule has 114 valence electrons. The highest BCUT2D eigenvalue weighted by molar-refractivity contribution is 4.85. The van der Waals surface area contributed by atoms with E-state index in [-0.39, 0.29) is 12.1 Å². The molecule has 0 aromatic rings. The highest BCUT2D eigenvalue weighted by Gasteiger charge is 2.30. The van der Waals surface area contributed by atoms with E-state index in [0.717, 1.165) is 31.3 Å². The van der Waals surface area contributed by atoms with Crippen molar-refractivity contribution < 1.29 is 5.11 Å². The summed E-state index contributed by atoms with van der Waals surface area (Å²) in [4.78, 5) is 2.51. The fourth-order valence-corrected chi connectivity index (χ4v) is 2.67. The summed E-state index contributed by atoms with van der Waals surface area (Å²) in [5, 5.41) is 13.0. The van der Waals surface area contributed by atoms with Gasteiger partial charge in [0.2, 0.25) is 0 Å². The Kier molecular flexibility index (Phi) is 7.33. The number of aliphatic hydroxyl groups is 1. The fourth-order valence-electron chi connectivity index (χ4n) is 2.67. The van der Waals surface area contributed by atoms with Crippen molar-refractivity contribution in [3.8, 4) is 0 Å². The van der Waals surface area contributed by atoms with Crippen LogP contribution in [0.25, 0.3) is 0 Å². The number of hydrogen-bond acceptors (Lipinski definition) is 3. The second kappa shape index (κ2) is 8.23. The van der Waals surface area contributed by atoms with Gasteiger partial charge >= 0.3 is 0 Å². The Bertz CT molecular complexity index is 243. The van der Waals surface area contributed by atoms with Gasteiger partial charge in [0.25, 0.3) is 0 Å². The van der Waals surface area contributed by atoms with E-state index in [1.54, 1.807) is 0 Å². The summed E-state index contributed by atoms with van der Waals surface area (Å²) in [6, 6.07) is 0.752. The predicted octanol–water partition coefficient (Wildman–Crippen LogP) is 2.64. The molecule has 3 nitrogen and oxygen atoms in total. The molecule has 0 amide bonds. The van der Waals surface area contributed by atoms with Crippen LogP contribution in [0.1, 0.15) is 59.3 Å². The molecule has 2 atom stereocenters. The standard InChI is InChI=1S/C16H34N2O/c1-5-11-17-16(3,13-19)10-6-7-12-18(4)14(2)15-8-9-15/h14-15,17,19H,5-13H2,1-4H3. The minimum atomic E-state index is -0.0866. The lowest BCUT2D eigenvalue weighted by molar-refractivity contribution is 0.159. The van der Waals surface area contributed by atoms with Gasteiger partial charge in [-0.25, -0.2) is 0 Å². The second-order valence-corrected chi connectivity index (χ2v) is 6.66. The van der Waals surface area contributed by atoms with Gasteiger partial charge in [-0.2, -0.15) is 0 Å². The van der Waals surface area contributed by atoms with Gasteiger partial charge in [-0.3, -0.25) is 0 Å². The Hall–Kier alpha value is -0.120. The van der Waals surface area contributed by atoms with Gasteiger partial charge in [0.15, 0.2) is 0 Å². The molecule has 1 fully saturated rings. The molecule has 1 aliphatic rings. The molecule has 2 N–H and O–H groups in total. The molecule has 3 heteroatoms. The normalized spacial score (nSPS) is 20.5. The van der Waals surface area contributed by atoms with Crippen LogP contribution < -0.4 is 5.32 Å². The van der Waals surface area contributed by atoms with E-state index in [9.17, 15) is 5.11 Å². The molecular weight excluding hydrogens is 236 g/mol. The van der Waals surface area contributed by atoms with Gasteiger partial charge in [-0.1, -0.05) is 13.3 Å². The lowest BCUT2D eigenvalue weighted by atomic mass is 9.95. The van der Waals surface area contributed by atoms with Crippen molar-refractivity contribution in [3.05, 3.63) is 0 Å². The van der Waals surface area contributed by atoms with Crippen molar-refractivity contribution in [3.63, 3.8) is 0 Å². The first-order chi connectivity index (χ1) is 9.02. The summed E-state index contributed by atoms with van der Waals surface area (Å²) < 4.78 is 0. The topological polar surface area (TPSA) is 35.5 Å². The van der Waals surface area contributed by atoms with Crippen LogP contribution in [-0.2, 0) is 0 Å². The summed E-state index contributed by atoms with van der Waals surface area (Å²) in [7, 11) is 2.25. The molecule has 0 radical (unpaired) electrons. The molecule has 0 aromatic heterocycles. The lowest BCUT2D eigenvalue weighted by Gasteiger charge is -2.30. The molecule has 19 heavy (non-hydrogen) atoms. The molecule has 0 aliphatic heterocycles. The highest BCUT2D eigenvalue weighted by Crippen LogP contribution is 2.34. The minimum Gasteiger partial charge on any atom is -0.394 e. The molecule has 2 unspecified atom stereocenters. The maximum atomic E-state index is 9.52. The minimum absolute atomic E-state index is 0.0866. The van der Waals surface area contributed by atoms with Gasteiger partial charge in [-0.05, 0) is 72.0 Å². The molecule has 0 aromatic carbocycles. The molecule has 0 bridgehead atoms. The van der Waals surface area contributed by atoms with Gasteiger partial charge in [-0.15, -0.1) is 0 Å². The molecule has 1 rings (SSSR count). The molecule has 1 saturated carbocycles. The summed E-state index contributed by atoms with van der Waals surface area (Å²) >= 11 is 0. The third-order valence-electron chi connectivity index (χ3n) is 4.64. The molecule has 0 spiro atoms. The van der Waals surface area contributed by atoms with E-state index in [1.165, 1.54) is 32.2 Å². The van der Waals surface area contributed by atoms with Crippen molar-refractivity contribution in [2.45, 2.75) is 70.9 Å². The predicted molar refractivity (Wildman–Crippen MR) is 82.5 cm³/mol. The SMILES string of the molecule is CCCNC(C)(CO)CCCCN(C)C(C)C1CC1.